The minimum Gasteiger partial charge on any atom is -0.339 e. The van der Waals surface area contributed by atoms with Gasteiger partial charge in [0, 0.05) is 17.5 Å². The van der Waals surface area contributed by atoms with E-state index >= 15 is 0 Å². The molecule has 4 heteroatoms. The van der Waals surface area contributed by atoms with E-state index in [1.807, 2.05) is 18.2 Å². The lowest BCUT2D eigenvalue weighted by atomic mass is 10.1. The van der Waals surface area contributed by atoms with Gasteiger partial charge in [0.05, 0.1) is 0 Å². The van der Waals surface area contributed by atoms with Gasteiger partial charge >= 0.3 is 0 Å². The van der Waals surface area contributed by atoms with Gasteiger partial charge in [0.15, 0.2) is 0 Å². The summed E-state index contributed by atoms with van der Waals surface area (Å²) in [6, 6.07) is 14.8. The van der Waals surface area contributed by atoms with Crippen molar-refractivity contribution in [1.82, 2.24) is 10.1 Å². The van der Waals surface area contributed by atoms with Gasteiger partial charge in [-0.15, -0.1) is 0 Å². The second kappa shape index (κ2) is 4.97. The van der Waals surface area contributed by atoms with Gasteiger partial charge in [0.25, 0.3) is 0 Å². The van der Waals surface area contributed by atoms with Crippen LogP contribution in [-0.4, -0.2) is 16.2 Å². The lowest BCUT2D eigenvalue weighted by Crippen LogP contribution is -2.14. The van der Waals surface area contributed by atoms with Gasteiger partial charge in [-0.2, -0.15) is 4.98 Å². The fraction of sp³-hybridized carbons (Fsp3) is 0.294. The summed E-state index contributed by atoms with van der Waals surface area (Å²) in [6.45, 7) is 0. The van der Waals surface area contributed by atoms with E-state index in [-0.39, 0.29) is 6.04 Å². The number of fused-ring (bicyclic) bond motifs is 1. The number of hydrogen-bond acceptors (Lipinski definition) is 4. The molecule has 0 spiro atoms. The molecule has 0 unspecified atom stereocenters. The molecule has 106 valence electrons. The first-order valence-electron chi connectivity index (χ1n) is 7.38. The molecule has 21 heavy (non-hydrogen) atoms. The van der Waals surface area contributed by atoms with Crippen LogP contribution in [0.15, 0.2) is 47.0 Å². The number of aromatic nitrogens is 2. The Morgan fingerprint density at radius 1 is 1.05 bits per heavy atom. The van der Waals surface area contributed by atoms with Gasteiger partial charge in [0.2, 0.25) is 11.7 Å². The van der Waals surface area contributed by atoms with Crippen molar-refractivity contribution in [3.63, 3.8) is 0 Å². The summed E-state index contributed by atoms with van der Waals surface area (Å²) < 4.78 is 5.45. The Labute approximate surface area is 123 Å². The zero-order valence-electron chi connectivity index (χ0n) is 11.7. The van der Waals surface area contributed by atoms with Gasteiger partial charge in [-0.3, -0.25) is 0 Å². The molecular weight excluding hydrogens is 262 g/mol. The molecular formula is C17H17N3O. The van der Waals surface area contributed by atoms with Crippen LogP contribution < -0.4 is 5.73 Å². The van der Waals surface area contributed by atoms with E-state index in [9.17, 15) is 0 Å². The minimum absolute atomic E-state index is 0.269. The summed E-state index contributed by atoms with van der Waals surface area (Å²) in [6.07, 6.45) is 3.03. The predicted octanol–water partition coefficient (Wildman–Crippen LogP) is 3.48. The Morgan fingerprint density at radius 2 is 1.90 bits per heavy atom. The van der Waals surface area contributed by atoms with E-state index < -0.39 is 0 Å². The molecule has 0 bridgehead atoms. The molecule has 0 aliphatic heterocycles. The summed E-state index contributed by atoms with van der Waals surface area (Å²) in [5, 5.41) is 6.53. The number of nitrogens with two attached hydrogens (primary N) is 1. The van der Waals surface area contributed by atoms with Gasteiger partial charge < -0.3 is 10.3 Å². The highest BCUT2D eigenvalue weighted by Crippen LogP contribution is 2.33. The summed E-state index contributed by atoms with van der Waals surface area (Å²) in [5.74, 6) is 1.71. The third kappa shape index (κ3) is 2.32. The van der Waals surface area contributed by atoms with E-state index in [1.165, 1.54) is 10.8 Å². The maximum Gasteiger partial charge on any atom is 0.230 e. The summed E-state index contributed by atoms with van der Waals surface area (Å²) >= 11 is 0. The van der Waals surface area contributed by atoms with Crippen LogP contribution >= 0.6 is 0 Å². The topological polar surface area (TPSA) is 64.9 Å². The van der Waals surface area contributed by atoms with Crippen molar-refractivity contribution < 1.29 is 4.52 Å². The van der Waals surface area contributed by atoms with Crippen LogP contribution in [0.5, 0.6) is 0 Å². The molecule has 2 N–H and O–H groups in total. The molecule has 0 radical (unpaired) electrons. The maximum absolute atomic E-state index is 5.95. The van der Waals surface area contributed by atoms with Crippen LogP contribution in [0.25, 0.3) is 22.2 Å². The highest BCUT2D eigenvalue weighted by molar-refractivity contribution is 5.86. The van der Waals surface area contributed by atoms with E-state index in [0.29, 0.717) is 11.7 Å². The van der Waals surface area contributed by atoms with Crippen molar-refractivity contribution >= 4 is 10.8 Å². The number of nitrogens with zero attached hydrogens (tertiary/aromatic N) is 2. The first kappa shape index (κ1) is 12.5. The zero-order valence-corrected chi connectivity index (χ0v) is 11.7. The third-order valence-electron chi connectivity index (χ3n) is 4.27. The van der Waals surface area contributed by atoms with Crippen molar-refractivity contribution in [2.45, 2.75) is 31.2 Å². The van der Waals surface area contributed by atoms with Gasteiger partial charge in [-0.05, 0) is 36.1 Å². The van der Waals surface area contributed by atoms with E-state index in [4.69, 9.17) is 10.3 Å². The van der Waals surface area contributed by atoms with Crippen LogP contribution in [0.4, 0.5) is 0 Å². The van der Waals surface area contributed by atoms with Gasteiger partial charge in [-0.1, -0.05) is 41.6 Å². The van der Waals surface area contributed by atoms with Crippen molar-refractivity contribution in [2.24, 2.45) is 5.73 Å². The molecule has 1 aromatic heterocycles. The first-order valence-corrected chi connectivity index (χ1v) is 7.38. The molecule has 1 fully saturated rings. The van der Waals surface area contributed by atoms with Crippen LogP contribution in [0, 0.1) is 0 Å². The minimum atomic E-state index is 0.269. The standard InChI is InChI=1S/C17H17N3O/c18-15-8-7-14(10-15)17-19-16(20-21-17)13-6-5-11-3-1-2-4-12(11)9-13/h1-6,9,14-15H,7-8,10,18H2/t14-,15+/m1/s1. The fourth-order valence-electron chi connectivity index (χ4n) is 3.09. The van der Waals surface area contributed by atoms with E-state index in [1.54, 1.807) is 0 Å². The van der Waals surface area contributed by atoms with Crippen LogP contribution in [0.3, 0.4) is 0 Å². The Hall–Kier alpha value is -2.20. The monoisotopic (exact) mass is 279 g/mol. The Bertz CT molecular complexity index is 780. The largest absolute Gasteiger partial charge is 0.339 e. The molecule has 1 saturated carbocycles. The smallest absolute Gasteiger partial charge is 0.230 e. The predicted molar refractivity (Wildman–Crippen MR) is 81.8 cm³/mol. The van der Waals surface area contributed by atoms with Crippen molar-refractivity contribution in [1.29, 1.82) is 0 Å². The summed E-state index contributed by atoms with van der Waals surface area (Å²) in [4.78, 5) is 4.57. The van der Waals surface area contributed by atoms with Crippen molar-refractivity contribution in [3.05, 3.63) is 48.4 Å². The molecule has 0 saturated heterocycles. The van der Waals surface area contributed by atoms with Gasteiger partial charge in [-0.25, -0.2) is 0 Å². The quantitative estimate of drug-likeness (QED) is 0.780. The van der Waals surface area contributed by atoms with E-state index in [2.05, 4.69) is 34.4 Å². The molecule has 4 nitrogen and oxygen atoms in total. The number of rotatable bonds is 2. The average molecular weight is 279 g/mol. The van der Waals surface area contributed by atoms with Crippen LogP contribution in [-0.2, 0) is 0 Å². The first-order chi connectivity index (χ1) is 10.3. The van der Waals surface area contributed by atoms with Crippen molar-refractivity contribution in [3.8, 4) is 11.4 Å². The maximum atomic E-state index is 5.95. The third-order valence-corrected chi connectivity index (χ3v) is 4.27. The fourth-order valence-corrected chi connectivity index (χ4v) is 3.09. The van der Waals surface area contributed by atoms with Crippen LogP contribution in [0.1, 0.15) is 31.1 Å². The lowest BCUT2D eigenvalue weighted by Gasteiger charge is -2.01. The Morgan fingerprint density at radius 3 is 2.71 bits per heavy atom. The number of hydrogen-bond donors (Lipinski definition) is 1. The van der Waals surface area contributed by atoms with Gasteiger partial charge in [0.1, 0.15) is 0 Å². The molecule has 3 aromatic rings. The highest BCUT2D eigenvalue weighted by Gasteiger charge is 2.27. The average Bonchev–Trinajstić information content (AvgIpc) is 3.15. The summed E-state index contributed by atoms with van der Waals surface area (Å²) in [5.41, 5.74) is 6.94. The van der Waals surface area contributed by atoms with Crippen molar-refractivity contribution in [2.75, 3.05) is 0 Å². The molecule has 1 aliphatic carbocycles. The summed E-state index contributed by atoms with van der Waals surface area (Å²) in [7, 11) is 0. The lowest BCUT2D eigenvalue weighted by molar-refractivity contribution is 0.353. The molecule has 4 rings (SSSR count). The normalized spacial score (nSPS) is 22.0. The SMILES string of the molecule is N[C@H]1CC[C@@H](c2nc(-c3ccc4ccccc4c3)no2)C1. The van der Waals surface area contributed by atoms with E-state index in [0.717, 1.165) is 30.7 Å². The molecule has 1 aliphatic rings. The van der Waals surface area contributed by atoms with Crippen LogP contribution in [0.2, 0.25) is 0 Å². The Balaban J connectivity index is 1.67. The second-order valence-corrected chi connectivity index (χ2v) is 5.79. The molecule has 0 amide bonds. The highest BCUT2D eigenvalue weighted by atomic mass is 16.5. The Kier molecular flexibility index (Phi) is 2.97. The molecule has 1 heterocycles. The second-order valence-electron chi connectivity index (χ2n) is 5.79. The molecule has 2 aromatic carbocycles. The number of benzene rings is 2. The zero-order chi connectivity index (χ0) is 14.2. The molecule has 2 atom stereocenters.